The molecule has 1 aromatic heterocycles. The van der Waals surface area contributed by atoms with Gasteiger partial charge in [-0.3, -0.25) is 4.79 Å². The predicted octanol–water partition coefficient (Wildman–Crippen LogP) is 4.21. The normalized spacial score (nSPS) is 18.3. The lowest BCUT2D eigenvalue weighted by atomic mass is 9.72. The average Bonchev–Trinajstić information content (AvgIpc) is 2.75. The van der Waals surface area contributed by atoms with E-state index >= 15 is 0 Å². The monoisotopic (exact) mass is 427 g/mol. The standard InChI is InChI=1S/C23H20F3N3O2/c1-22(9-15-10-27-14-28-11-15)20-8-17(5-6-18(20)12-29-21(22)30)16-3-2-4-19(7-16)31-13-23(24,25)26/h2-8,10-11,14H,9,12-13H2,1H3,(H,29,30)/t22-/m1/s1. The number of nitrogens with zero attached hydrogens (tertiary/aromatic N) is 2. The van der Waals surface area contributed by atoms with Gasteiger partial charge in [0.05, 0.1) is 5.41 Å². The number of benzene rings is 2. The number of alkyl halides is 3. The van der Waals surface area contributed by atoms with Crippen molar-refractivity contribution in [2.45, 2.75) is 31.5 Å². The maximum Gasteiger partial charge on any atom is 0.422 e. The molecule has 0 spiro atoms. The average molecular weight is 427 g/mol. The Labute approximate surface area is 177 Å². The topological polar surface area (TPSA) is 64.1 Å². The Balaban J connectivity index is 1.69. The third-order valence-electron chi connectivity index (χ3n) is 5.39. The van der Waals surface area contributed by atoms with Crippen LogP contribution in [0.1, 0.15) is 23.6 Å². The number of rotatable bonds is 5. The molecule has 31 heavy (non-hydrogen) atoms. The van der Waals surface area contributed by atoms with Gasteiger partial charge in [0.15, 0.2) is 6.61 Å². The van der Waals surface area contributed by atoms with Crippen molar-refractivity contribution in [2.75, 3.05) is 6.61 Å². The van der Waals surface area contributed by atoms with E-state index in [4.69, 9.17) is 4.74 Å². The summed E-state index contributed by atoms with van der Waals surface area (Å²) >= 11 is 0. The molecule has 0 saturated carbocycles. The Bertz CT molecular complexity index is 1100. The van der Waals surface area contributed by atoms with Gasteiger partial charge in [-0.15, -0.1) is 0 Å². The van der Waals surface area contributed by atoms with Gasteiger partial charge in [-0.1, -0.05) is 24.3 Å². The molecule has 0 saturated heterocycles. The fraction of sp³-hybridized carbons (Fsp3) is 0.261. The van der Waals surface area contributed by atoms with Crippen LogP contribution in [-0.2, 0) is 23.2 Å². The first-order valence-electron chi connectivity index (χ1n) is 9.70. The number of fused-ring (bicyclic) bond motifs is 1. The number of aromatic nitrogens is 2. The Morgan fingerprint density at radius 2 is 1.84 bits per heavy atom. The van der Waals surface area contributed by atoms with Crippen molar-refractivity contribution in [1.82, 2.24) is 15.3 Å². The minimum atomic E-state index is -4.40. The summed E-state index contributed by atoms with van der Waals surface area (Å²) in [6, 6.07) is 12.3. The largest absolute Gasteiger partial charge is 0.484 e. The van der Waals surface area contributed by atoms with E-state index in [2.05, 4.69) is 15.3 Å². The number of nitrogens with one attached hydrogen (secondary N) is 1. The summed E-state index contributed by atoms with van der Waals surface area (Å²) in [5.74, 6) is 0.0396. The lowest BCUT2D eigenvalue weighted by molar-refractivity contribution is -0.153. The molecule has 5 nitrogen and oxygen atoms in total. The maximum absolute atomic E-state index is 12.9. The van der Waals surface area contributed by atoms with Crippen LogP contribution in [0.2, 0.25) is 0 Å². The zero-order valence-corrected chi connectivity index (χ0v) is 16.7. The van der Waals surface area contributed by atoms with Gasteiger partial charge >= 0.3 is 6.18 Å². The quantitative estimate of drug-likeness (QED) is 0.663. The number of halogens is 3. The molecule has 1 aliphatic rings. The molecule has 1 aliphatic heterocycles. The highest BCUT2D eigenvalue weighted by atomic mass is 19.4. The second kappa shape index (κ2) is 8.02. The van der Waals surface area contributed by atoms with Crippen LogP contribution in [-0.4, -0.2) is 28.7 Å². The SMILES string of the molecule is C[C@]1(Cc2cncnc2)C(=O)NCc2ccc(-c3cccc(OCC(F)(F)F)c3)cc21. The van der Waals surface area contributed by atoms with Gasteiger partial charge in [0.2, 0.25) is 5.91 Å². The Kier molecular flexibility index (Phi) is 5.39. The summed E-state index contributed by atoms with van der Waals surface area (Å²) in [5.41, 5.74) is 3.37. The molecule has 0 bridgehead atoms. The smallest absolute Gasteiger partial charge is 0.422 e. The first-order valence-corrected chi connectivity index (χ1v) is 9.70. The van der Waals surface area contributed by atoms with Crippen molar-refractivity contribution < 1.29 is 22.7 Å². The van der Waals surface area contributed by atoms with Gasteiger partial charge in [-0.25, -0.2) is 9.97 Å². The molecule has 1 atom stereocenters. The number of hydrogen-bond donors (Lipinski definition) is 1. The van der Waals surface area contributed by atoms with Crippen molar-refractivity contribution in [3.8, 4) is 16.9 Å². The first kappa shape index (κ1) is 20.8. The van der Waals surface area contributed by atoms with E-state index in [0.29, 0.717) is 18.5 Å². The molecule has 4 rings (SSSR count). The van der Waals surface area contributed by atoms with Crippen LogP contribution in [0, 0.1) is 0 Å². The van der Waals surface area contributed by atoms with Crippen LogP contribution in [0.5, 0.6) is 5.75 Å². The van der Waals surface area contributed by atoms with Crippen LogP contribution in [0.4, 0.5) is 13.2 Å². The number of carbonyl (C=O) groups excluding carboxylic acids is 1. The van der Waals surface area contributed by atoms with Crippen molar-refractivity contribution in [3.05, 3.63) is 77.9 Å². The Morgan fingerprint density at radius 3 is 2.58 bits per heavy atom. The third-order valence-corrected chi connectivity index (χ3v) is 5.39. The zero-order chi connectivity index (χ0) is 22.1. The van der Waals surface area contributed by atoms with Crippen molar-refractivity contribution in [3.63, 3.8) is 0 Å². The fourth-order valence-corrected chi connectivity index (χ4v) is 3.85. The van der Waals surface area contributed by atoms with E-state index in [1.54, 1.807) is 30.6 Å². The first-order chi connectivity index (χ1) is 14.7. The van der Waals surface area contributed by atoms with Crippen molar-refractivity contribution in [1.29, 1.82) is 0 Å². The number of amides is 1. The summed E-state index contributed by atoms with van der Waals surface area (Å²) in [5, 5.41) is 2.94. The second-order valence-corrected chi connectivity index (χ2v) is 7.74. The molecular formula is C23H20F3N3O2. The highest BCUT2D eigenvalue weighted by molar-refractivity contribution is 5.90. The molecule has 8 heteroatoms. The highest BCUT2D eigenvalue weighted by Gasteiger charge is 2.40. The summed E-state index contributed by atoms with van der Waals surface area (Å²) in [7, 11) is 0. The zero-order valence-electron chi connectivity index (χ0n) is 16.7. The summed E-state index contributed by atoms with van der Waals surface area (Å²) in [4.78, 5) is 21.0. The molecule has 0 fully saturated rings. The molecule has 3 aromatic rings. The van der Waals surface area contributed by atoms with Gasteiger partial charge < -0.3 is 10.1 Å². The van der Waals surface area contributed by atoms with E-state index in [0.717, 1.165) is 22.3 Å². The van der Waals surface area contributed by atoms with Gasteiger partial charge in [0.1, 0.15) is 12.1 Å². The van der Waals surface area contributed by atoms with E-state index in [1.807, 2.05) is 25.1 Å². The van der Waals surface area contributed by atoms with Crippen LogP contribution < -0.4 is 10.1 Å². The van der Waals surface area contributed by atoms with Gasteiger partial charge in [-0.05, 0) is 59.4 Å². The number of hydrogen-bond acceptors (Lipinski definition) is 4. The van der Waals surface area contributed by atoms with Crippen LogP contribution in [0.15, 0.2) is 61.2 Å². The lowest BCUT2D eigenvalue weighted by Gasteiger charge is -2.35. The fourth-order valence-electron chi connectivity index (χ4n) is 3.85. The summed E-state index contributed by atoms with van der Waals surface area (Å²) in [6.07, 6.45) is 0.825. The van der Waals surface area contributed by atoms with Crippen LogP contribution >= 0.6 is 0 Å². The maximum atomic E-state index is 12.9. The molecule has 0 unspecified atom stereocenters. The molecule has 0 radical (unpaired) electrons. The van der Waals surface area contributed by atoms with E-state index in [9.17, 15) is 18.0 Å². The number of ether oxygens (including phenoxy) is 1. The minimum absolute atomic E-state index is 0.0942. The van der Waals surface area contributed by atoms with Crippen LogP contribution in [0.3, 0.4) is 0 Å². The molecule has 160 valence electrons. The second-order valence-electron chi connectivity index (χ2n) is 7.74. The number of carbonyl (C=O) groups is 1. The van der Waals surface area contributed by atoms with E-state index in [-0.39, 0.29) is 11.7 Å². The molecule has 2 heterocycles. The van der Waals surface area contributed by atoms with Gasteiger partial charge in [0.25, 0.3) is 0 Å². The minimum Gasteiger partial charge on any atom is -0.484 e. The summed E-state index contributed by atoms with van der Waals surface area (Å²) < 4.78 is 42.3. The van der Waals surface area contributed by atoms with Crippen molar-refractivity contribution >= 4 is 5.91 Å². The Hall–Kier alpha value is -3.42. The lowest BCUT2D eigenvalue weighted by Crippen LogP contribution is -2.48. The molecule has 1 amide bonds. The van der Waals surface area contributed by atoms with Crippen LogP contribution in [0.25, 0.3) is 11.1 Å². The van der Waals surface area contributed by atoms with Crippen molar-refractivity contribution in [2.24, 2.45) is 0 Å². The highest BCUT2D eigenvalue weighted by Crippen LogP contribution is 2.37. The van der Waals surface area contributed by atoms with E-state index < -0.39 is 18.2 Å². The molecule has 1 N–H and O–H groups in total. The molecule has 0 aliphatic carbocycles. The van der Waals surface area contributed by atoms with Gasteiger partial charge in [0, 0.05) is 18.9 Å². The van der Waals surface area contributed by atoms with Gasteiger partial charge in [-0.2, -0.15) is 13.2 Å². The van der Waals surface area contributed by atoms with E-state index in [1.165, 1.54) is 12.4 Å². The molecule has 2 aromatic carbocycles. The third kappa shape index (κ3) is 4.52. The summed E-state index contributed by atoms with van der Waals surface area (Å²) in [6.45, 7) is 0.946. The molecular weight excluding hydrogens is 407 g/mol. The predicted molar refractivity (Wildman–Crippen MR) is 108 cm³/mol. The Morgan fingerprint density at radius 1 is 1.10 bits per heavy atom.